The molecule has 1 aliphatic heterocycles. The van der Waals surface area contributed by atoms with E-state index in [1.807, 2.05) is 0 Å². The second kappa shape index (κ2) is 9.13. The number of nitrogens with one attached hydrogen (secondary N) is 1. The second-order valence-corrected chi connectivity index (χ2v) is 9.16. The summed E-state index contributed by atoms with van der Waals surface area (Å²) in [6, 6.07) is 9.95. The first-order chi connectivity index (χ1) is 13.9. The Morgan fingerprint density at radius 1 is 1.21 bits per heavy atom. The van der Waals surface area contributed by atoms with Crippen LogP contribution in [0.2, 0.25) is 0 Å². The van der Waals surface area contributed by atoms with Crippen LogP contribution in [0.5, 0.6) is 5.75 Å². The van der Waals surface area contributed by atoms with Gasteiger partial charge < -0.3 is 19.4 Å². The minimum absolute atomic E-state index is 0.130. The van der Waals surface area contributed by atoms with Crippen molar-refractivity contribution in [1.82, 2.24) is 10.2 Å². The van der Waals surface area contributed by atoms with E-state index >= 15 is 0 Å². The molecule has 2 amide bonds. The van der Waals surface area contributed by atoms with E-state index in [-0.39, 0.29) is 24.1 Å². The predicted octanol–water partition coefficient (Wildman–Crippen LogP) is 1.62. The summed E-state index contributed by atoms with van der Waals surface area (Å²) in [7, 11) is -1.82. The fraction of sp³-hybridized carbons (Fsp3) is 0.400. The molecule has 156 valence electrons. The van der Waals surface area contributed by atoms with Crippen molar-refractivity contribution in [2.24, 2.45) is 0 Å². The van der Waals surface area contributed by atoms with Gasteiger partial charge in [-0.25, -0.2) is 8.42 Å². The molecule has 2 aromatic rings. The third-order valence-electron chi connectivity index (χ3n) is 4.96. The van der Waals surface area contributed by atoms with E-state index in [9.17, 15) is 18.0 Å². The van der Waals surface area contributed by atoms with Crippen molar-refractivity contribution in [2.45, 2.75) is 23.8 Å². The highest BCUT2D eigenvalue weighted by Gasteiger charge is 2.32. The summed E-state index contributed by atoms with van der Waals surface area (Å²) in [6.07, 6.45) is 2.20. The molecule has 2 heterocycles. The van der Waals surface area contributed by atoms with Gasteiger partial charge in [-0.05, 0) is 43.2 Å². The molecular formula is C20H24N2O6S. The summed E-state index contributed by atoms with van der Waals surface area (Å²) in [6.45, 7) is 0.547. The highest BCUT2D eigenvalue weighted by atomic mass is 32.2. The normalized spacial score (nSPS) is 15.1. The van der Waals surface area contributed by atoms with Gasteiger partial charge in [-0.15, -0.1) is 0 Å². The minimum Gasteiger partial charge on any atom is -0.497 e. The number of rotatable bonds is 7. The average molecular weight is 420 g/mol. The zero-order valence-electron chi connectivity index (χ0n) is 16.2. The van der Waals surface area contributed by atoms with Gasteiger partial charge in [0.05, 0.1) is 25.2 Å². The zero-order chi connectivity index (χ0) is 20.9. The van der Waals surface area contributed by atoms with Crippen LogP contribution in [0.25, 0.3) is 0 Å². The van der Waals surface area contributed by atoms with Gasteiger partial charge in [0.2, 0.25) is 5.91 Å². The molecule has 3 rings (SSSR count). The predicted molar refractivity (Wildman–Crippen MR) is 106 cm³/mol. The van der Waals surface area contributed by atoms with Crippen LogP contribution in [0.15, 0.2) is 47.1 Å². The van der Waals surface area contributed by atoms with Crippen LogP contribution in [0.1, 0.15) is 29.0 Å². The molecule has 0 radical (unpaired) electrons. The standard InChI is InChI=1S/C20H24N2O6S/c1-27-16-5-2-4-15(12-16)20(24)21-13-19(23)22-9-7-18(8-10-22)29(25,26)14-17-6-3-11-28-17/h2-6,11-12,18H,7-10,13-14H2,1H3,(H,21,24). The Labute approximate surface area is 169 Å². The van der Waals surface area contributed by atoms with Crippen LogP contribution in [0.4, 0.5) is 0 Å². The third kappa shape index (κ3) is 5.38. The van der Waals surface area contributed by atoms with Crippen molar-refractivity contribution in [2.75, 3.05) is 26.7 Å². The monoisotopic (exact) mass is 420 g/mol. The lowest BCUT2D eigenvalue weighted by Crippen LogP contribution is -2.46. The molecule has 1 aliphatic rings. The maximum absolute atomic E-state index is 12.5. The molecule has 0 atom stereocenters. The molecule has 1 aromatic carbocycles. The molecule has 8 nitrogen and oxygen atoms in total. The van der Waals surface area contributed by atoms with Crippen molar-refractivity contribution in [3.63, 3.8) is 0 Å². The van der Waals surface area contributed by atoms with Crippen LogP contribution in [-0.4, -0.2) is 57.1 Å². The number of piperidine rings is 1. The van der Waals surface area contributed by atoms with E-state index in [1.54, 1.807) is 41.3 Å². The summed E-state index contributed by atoms with van der Waals surface area (Å²) in [5.74, 6) is 0.247. The third-order valence-corrected chi connectivity index (χ3v) is 7.13. The lowest BCUT2D eigenvalue weighted by Gasteiger charge is -2.31. The largest absolute Gasteiger partial charge is 0.497 e. The molecule has 1 fully saturated rings. The number of sulfone groups is 1. The Morgan fingerprint density at radius 3 is 2.62 bits per heavy atom. The first-order valence-corrected chi connectivity index (χ1v) is 11.0. The fourth-order valence-electron chi connectivity index (χ4n) is 3.31. The molecule has 0 bridgehead atoms. The SMILES string of the molecule is COc1cccc(C(=O)NCC(=O)N2CCC(S(=O)(=O)Cc3ccco3)CC2)c1. The van der Waals surface area contributed by atoms with E-state index in [0.29, 0.717) is 43.0 Å². The van der Waals surface area contributed by atoms with E-state index in [1.165, 1.54) is 13.4 Å². The number of carbonyl (C=O) groups excluding carboxylic acids is 2. The van der Waals surface area contributed by atoms with Gasteiger partial charge in [0.25, 0.3) is 5.91 Å². The van der Waals surface area contributed by atoms with Crippen LogP contribution in [-0.2, 0) is 20.4 Å². The van der Waals surface area contributed by atoms with Crippen molar-refractivity contribution in [1.29, 1.82) is 0 Å². The van der Waals surface area contributed by atoms with Crippen LogP contribution >= 0.6 is 0 Å². The number of carbonyl (C=O) groups is 2. The van der Waals surface area contributed by atoms with Gasteiger partial charge in [-0.1, -0.05) is 6.07 Å². The fourth-order valence-corrected chi connectivity index (χ4v) is 5.03. The van der Waals surface area contributed by atoms with Crippen molar-refractivity contribution in [3.8, 4) is 5.75 Å². The first-order valence-electron chi connectivity index (χ1n) is 9.33. The molecule has 1 saturated heterocycles. The quantitative estimate of drug-likeness (QED) is 0.730. The van der Waals surface area contributed by atoms with E-state index in [0.717, 1.165) is 0 Å². The summed E-state index contributed by atoms with van der Waals surface area (Å²) < 4.78 is 35.3. The number of ether oxygens (including phenoxy) is 1. The molecule has 0 saturated carbocycles. The molecular weight excluding hydrogens is 396 g/mol. The van der Waals surface area contributed by atoms with Gasteiger partial charge in [-0.2, -0.15) is 0 Å². The molecule has 0 unspecified atom stereocenters. The van der Waals surface area contributed by atoms with Crippen molar-refractivity contribution >= 4 is 21.7 Å². The topological polar surface area (TPSA) is 106 Å². The maximum atomic E-state index is 12.5. The Kier molecular flexibility index (Phi) is 6.58. The number of likely N-dealkylation sites (tertiary alicyclic amines) is 1. The number of benzene rings is 1. The zero-order valence-corrected chi connectivity index (χ0v) is 17.0. The molecule has 29 heavy (non-hydrogen) atoms. The van der Waals surface area contributed by atoms with E-state index in [4.69, 9.17) is 9.15 Å². The van der Waals surface area contributed by atoms with E-state index in [2.05, 4.69) is 5.32 Å². The lowest BCUT2D eigenvalue weighted by atomic mass is 10.1. The average Bonchev–Trinajstić information content (AvgIpc) is 3.24. The Balaban J connectivity index is 1.48. The Bertz CT molecular complexity index is 947. The van der Waals surface area contributed by atoms with Crippen molar-refractivity contribution < 1.29 is 27.2 Å². The second-order valence-electron chi connectivity index (χ2n) is 6.88. The number of methoxy groups -OCH3 is 1. The summed E-state index contributed by atoms with van der Waals surface area (Å²) in [4.78, 5) is 26.2. The van der Waals surface area contributed by atoms with E-state index < -0.39 is 15.1 Å². The Hall–Kier alpha value is -2.81. The highest BCUT2D eigenvalue weighted by molar-refractivity contribution is 7.91. The summed E-state index contributed by atoms with van der Waals surface area (Å²) in [5.41, 5.74) is 0.403. The number of nitrogens with zero attached hydrogens (tertiary/aromatic N) is 1. The highest BCUT2D eigenvalue weighted by Crippen LogP contribution is 2.22. The number of hydrogen-bond acceptors (Lipinski definition) is 6. The molecule has 0 spiro atoms. The molecule has 9 heteroatoms. The van der Waals surface area contributed by atoms with Crippen LogP contribution in [0.3, 0.4) is 0 Å². The number of hydrogen-bond donors (Lipinski definition) is 1. The van der Waals surface area contributed by atoms with Gasteiger partial charge in [0.1, 0.15) is 17.3 Å². The van der Waals surface area contributed by atoms with Crippen LogP contribution < -0.4 is 10.1 Å². The summed E-state index contributed by atoms with van der Waals surface area (Å²) >= 11 is 0. The van der Waals surface area contributed by atoms with Gasteiger partial charge in [0, 0.05) is 18.7 Å². The Morgan fingerprint density at radius 2 is 1.97 bits per heavy atom. The van der Waals surface area contributed by atoms with Crippen molar-refractivity contribution in [3.05, 3.63) is 54.0 Å². The van der Waals surface area contributed by atoms with Gasteiger partial charge in [-0.3, -0.25) is 9.59 Å². The minimum atomic E-state index is -3.34. The summed E-state index contributed by atoms with van der Waals surface area (Å²) in [5, 5.41) is 2.10. The molecule has 0 aliphatic carbocycles. The lowest BCUT2D eigenvalue weighted by molar-refractivity contribution is -0.130. The number of amides is 2. The maximum Gasteiger partial charge on any atom is 0.251 e. The molecule has 1 N–H and O–H groups in total. The smallest absolute Gasteiger partial charge is 0.251 e. The molecule has 1 aromatic heterocycles. The van der Waals surface area contributed by atoms with Gasteiger partial charge >= 0.3 is 0 Å². The number of furan rings is 1. The van der Waals surface area contributed by atoms with Crippen LogP contribution in [0, 0.1) is 0 Å². The van der Waals surface area contributed by atoms with Gasteiger partial charge in [0.15, 0.2) is 9.84 Å². The first kappa shape index (κ1) is 20.9.